The van der Waals surface area contributed by atoms with Gasteiger partial charge in [-0.2, -0.15) is 0 Å². The number of benzene rings is 1. The molecule has 1 heterocycles. The van der Waals surface area contributed by atoms with Crippen LogP contribution in [0.25, 0.3) is 6.08 Å². The van der Waals surface area contributed by atoms with Gasteiger partial charge in [0.25, 0.3) is 5.91 Å². The maximum atomic E-state index is 12.1. The van der Waals surface area contributed by atoms with Crippen molar-refractivity contribution in [2.75, 3.05) is 27.4 Å². The lowest BCUT2D eigenvalue weighted by Crippen LogP contribution is -2.44. The summed E-state index contributed by atoms with van der Waals surface area (Å²) in [5.74, 6) is 0.503. The minimum Gasteiger partial charge on any atom is -0.493 e. The summed E-state index contributed by atoms with van der Waals surface area (Å²) in [4.78, 5) is 25.7. The van der Waals surface area contributed by atoms with Crippen LogP contribution in [0.4, 0.5) is 0 Å². The number of amides is 1. The Hall–Kier alpha value is -2.50. The molecule has 0 unspecified atom stereocenters. The molecular formula is C19H25NO5. The lowest BCUT2D eigenvalue weighted by molar-refractivity contribution is -0.149. The van der Waals surface area contributed by atoms with Crippen molar-refractivity contribution in [3.63, 3.8) is 0 Å². The van der Waals surface area contributed by atoms with E-state index in [4.69, 9.17) is 14.2 Å². The molecule has 0 radical (unpaired) electrons. The molecule has 2 rings (SSSR count). The van der Waals surface area contributed by atoms with Crippen LogP contribution in [0.5, 0.6) is 11.5 Å². The second kappa shape index (κ2) is 9.11. The van der Waals surface area contributed by atoms with Crippen molar-refractivity contribution in [2.24, 2.45) is 0 Å². The predicted octanol–water partition coefficient (Wildman–Crippen LogP) is 2.66. The Morgan fingerprint density at radius 1 is 1.20 bits per heavy atom. The highest BCUT2D eigenvalue weighted by atomic mass is 16.5. The summed E-state index contributed by atoms with van der Waals surface area (Å²) in [6.45, 7) is 2.54. The minimum absolute atomic E-state index is 0.139. The highest BCUT2D eigenvalue weighted by Gasteiger charge is 2.23. The maximum Gasteiger partial charge on any atom is 0.331 e. The summed E-state index contributed by atoms with van der Waals surface area (Å²) >= 11 is 0. The maximum absolute atomic E-state index is 12.1. The Morgan fingerprint density at radius 3 is 2.64 bits per heavy atom. The molecule has 1 atom stereocenters. The molecule has 6 heteroatoms. The van der Waals surface area contributed by atoms with E-state index in [1.807, 2.05) is 6.92 Å². The van der Waals surface area contributed by atoms with Gasteiger partial charge in [-0.1, -0.05) is 6.07 Å². The zero-order valence-corrected chi connectivity index (χ0v) is 15.0. The largest absolute Gasteiger partial charge is 0.493 e. The van der Waals surface area contributed by atoms with Crippen LogP contribution in [-0.2, 0) is 14.3 Å². The Balaban J connectivity index is 1.87. The molecule has 25 heavy (non-hydrogen) atoms. The van der Waals surface area contributed by atoms with E-state index in [2.05, 4.69) is 0 Å². The normalized spacial score (nSPS) is 17.4. The van der Waals surface area contributed by atoms with Crippen LogP contribution in [-0.4, -0.2) is 50.2 Å². The minimum atomic E-state index is -0.548. The van der Waals surface area contributed by atoms with Crippen molar-refractivity contribution in [1.29, 1.82) is 0 Å². The molecule has 0 bridgehead atoms. The first-order valence-electron chi connectivity index (χ1n) is 8.41. The smallest absolute Gasteiger partial charge is 0.331 e. The van der Waals surface area contributed by atoms with Gasteiger partial charge in [-0.05, 0) is 50.0 Å². The lowest BCUT2D eigenvalue weighted by atomic mass is 10.0. The van der Waals surface area contributed by atoms with Crippen molar-refractivity contribution in [2.45, 2.75) is 32.2 Å². The lowest BCUT2D eigenvalue weighted by Gasteiger charge is -2.33. The Labute approximate surface area is 148 Å². The number of likely N-dealkylation sites (tertiary alicyclic amines) is 1. The van der Waals surface area contributed by atoms with E-state index in [1.54, 1.807) is 43.4 Å². The molecule has 0 spiro atoms. The quantitative estimate of drug-likeness (QED) is 0.585. The van der Waals surface area contributed by atoms with Crippen LogP contribution in [0, 0.1) is 0 Å². The van der Waals surface area contributed by atoms with Gasteiger partial charge >= 0.3 is 5.97 Å². The van der Waals surface area contributed by atoms with Crippen molar-refractivity contribution < 1.29 is 23.8 Å². The monoisotopic (exact) mass is 347 g/mol. The molecule has 1 aromatic rings. The van der Waals surface area contributed by atoms with Gasteiger partial charge in [-0.3, -0.25) is 4.79 Å². The molecule has 1 fully saturated rings. The van der Waals surface area contributed by atoms with Crippen molar-refractivity contribution in [1.82, 2.24) is 4.90 Å². The van der Waals surface area contributed by atoms with Crippen LogP contribution in [0.1, 0.15) is 31.7 Å². The summed E-state index contributed by atoms with van der Waals surface area (Å²) in [6, 6.07) is 5.52. The molecule has 1 amide bonds. The zero-order chi connectivity index (χ0) is 18.2. The fourth-order valence-corrected chi connectivity index (χ4v) is 2.85. The van der Waals surface area contributed by atoms with Crippen molar-refractivity contribution in [3.05, 3.63) is 29.8 Å². The fraction of sp³-hybridized carbons (Fsp3) is 0.474. The first-order chi connectivity index (χ1) is 12.0. The summed E-state index contributed by atoms with van der Waals surface area (Å²) in [7, 11) is 3.11. The third-order valence-electron chi connectivity index (χ3n) is 4.28. The van der Waals surface area contributed by atoms with Gasteiger partial charge in [0.1, 0.15) is 0 Å². The SMILES string of the molecule is COc1ccc(/C=C/C(=O)OCC(=O)N2CCCC[C@@H]2C)cc1OC. The number of ether oxygens (including phenoxy) is 3. The van der Waals surface area contributed by atoms with E-state index in [0.717, 1.165) is 31.4 Å². The third kappa shape index (κ3) is 5.24. The van der Waals surface area contributed by atoms with Crippen LogP contribution in [0.15, 0.2) is 24.3 Å². The Kier molecular flexibility index (Phi) is 6.86. The van der Waals surface area contributed by atoms with Gasteiger partial charge in [0.05, 0.1) is 14.2 Å². The van der Waals surface area contributed by atoms with Gasteiger partial charge < -0.3 is 19.1 Å². The van der Waals surface area contributed by atoms with Crippen LogP contribution in [0.2, 0.25) is 0 Å². The van der Waals surface area contributed by atoms with E-state index in [9.17, 15) is 9.59 Å². The van der Waals surface area contributed by atoms with E-state index in [1.165, 1.54) is 6.08 Å². The van der Waals surface area contributed by atoms with Crippen LogP contribution in [0.3, 0.4) is 0 Å². The average molecular weight is 347 g/mol. The first kappa shape index (κ1) is 18.8. The molecule has 1 aromatic carbocycles. The van der Waals surface area contributed by atoms with Gasteiger partial charge in [-0.15, -0.1) is 0 Å². The van der Waals surface area contributed by atoms with Crippen LogP contribution >= 0.6 is 0 Å². The number of rotatable bonds is 6. The molecule has 0 N–H and O–H groups in total. The zero-order valence-electron chi connectivity index (χ0n) is 15.0. The van der Waals surface area contributed by atoms with Gasteiger partial charge in [0, 0.05) is 18.7 Å². The molecule has 1 aliphatic rings. The number of nitrogens with zero attached hydrogens (tertiary/aromatic N) is 1. The Bertz CT molecular complexity index is 641. The number of hydrogen-bond donors (Lipinski definition) is 0. The molecule has 136 valence electrons. The summed E-state index contributed by atoms with van der Waals surface area (Å²) in [6.07, 6.45) is 6.05. The summed E-state index contributed by atoms with van der Waals surface area (Å²) < 4.78 is 15.4. The molecule has 0 aromatic heterocycles. The van der Waals surface area contributed by atoms with Gasteiger partial charge in [0.15, 0.2) is 18.1 Å². The van der Waals surface area contributed by atoms with Gasteiger partial charge in [0.2, 0.25) is 0 Å². The van der Waals surface area contributed by atoms with Crippen LogP contribution < -0.4 is 9.47 Å². The molecule has 0 saturated carbocycles. The van der Waals surface area contributed by atoms with Crippen molar-refractivity contribution in [3.8, 4) is 11.5 Å². The Morgan fingerprint density at radius 2 is 1.96 bits per heavy atom. The third-order valence-corrected chi connectivity index (χ3v) is 4.28. The summed E-state index contributed by atoms with van der Waals surface area (Å²) in [5.41, 5.74) is 0.769. The average Bonchev–Trinajstić information content (AvgIpc) is 2.64. The van der Waals surface area contributed by atoms with E-state index >= 15 is 0 Å². The number of methoxy groups -OCH3 is 2. The number of hydrogen-bond acceptors (Lipinski definition) is 5. The van der Waals surface area contributed by atoms with E-state index < -0.39 is 5.97 Å². The number of carbonyl (C=O) groups excluding carboxylic acids is 2. The highest BCUT2D eigenvalue weighted by molar-refractivity contribution is 5.89. The standard InChI is InChI=1S/C19H25NO5/c1-14-6-4-5-11-20(14)18(21)13-25-19(22)10-8-15-7-9-16(23-2)17(12-15)24-3/h7-10,12,14H,4-6,11,13H2,1-3H3/b10-8+/t14-/m0/s1. The number of esters is 1. The molecule has 6 nitrogen and oxygen atoms in total. The second-order valence-electron chi connectivity index (χ2n) is 5.99. The summed E-state index contributed by atoms with van der Waals surface area (Å²) in [5, 5.41) is 0. The van der Waals surface area contributed by atoms with E-state index in [-0.39, 0.29) is 18.6 Å². The van der Waals surface area contributed by atoms with E-state index in [0.29, 0.717) is 11.5 Å². The number of carbonyl (C=O) groups is 2. The molecule has 0 aliphatic carbocycles. The molecular weight excluding hydrogens is 322 g/mol. The second-order valence-corrected chi connectivity index (χ2v) is 5.99. The molecule has 1 saturated heterocycles. The topological polar surface area (TPSA) is 65.1 Å². The molecule has 1 aliphatic heterocycles. The first-order valence-corrected chi connectivity index (χ1v) is 8.41. The predicted molar refractivity (Wildman–Crippen MR) is 94.6 cm³/mol. The van der Waals surface area contributed by atoms with Crippen molar-refractivity contribution >= 4 is 18.0 Å². The van der Waals surface area contributed by atoms with Gasteiger partial charge in [-0.25, -0.2) is 4.79 Å². The fourth-order valence-electron chi connectivity index (χ4n) is 2.85. The number of piperidine rings is 1. The highest BCUT2D eigenvalue weighted by Crippen LogP contribution is 2.27.